The van der Waals surface area contributed by atoms with Gasteiger partial charge in [0, 0.05) is 5.69 Å². The summed E-state index contributed by atoms with van der Waals surface area (Å²) in [5.74, 6) is 0. The van der Waals surface area contributed by atoms with Gasteiger partial charge in [0.2, 0.25) is 0 Å². The molecule has 0 radical (unpaired) electrons. The number of hydrogen-bond acceptors (Lipinski definition) is 2. The van der Waals surface area contributed by atoms with Gasteiger partial charge in [-0.25, -0.2) is 0 Å². The highest BCUT2D eigenvalue weighted by molar-refractivity contribution is 5.86. The van der Waals surface area contributed by atoms with Crippen LogP contribution in [0, 0.1) is 0 Å². The second kappa shape index (κ2) is 2.09. The minimum absolute atomic E-state index is 0.613. The molecule has 0 saturated carbocycles. The van der Waals surface area contributed by atoms with Crippen LogP contribution in [0.1, 0.15) is 5.56 Å². The van der Waals surface area contributed by atoms with Gasteiger partial charge in [0.1, 0.15) is 0 Å². The Labute approximate surface area is 71.5 Å². The number of aliphatic imine (C=N–C) groups is 1. The Hall–Kier alpha value is -1.31. The first kappa shape index (κ1) is 6.23. The van der Waals surface area contributed by atoms with E-state index in [-0.39, 0.29) is 0 Å². The summed E-state index contributed by atoms with van der Waals surface area (Å²) in [6.07, 6.45) is 3.13. The lowest BCUT2D eigenvalue weighted by Crippen LogP contribution is -2.26. The summed E-state index contributed by atoms with van der Waals surface area (Å²) in [7, 11) is 0. The molecule has 0 amide bonds. The van der Waals surface area contributed by atoms with Crippen LogP contribution in [0.2, 0.25) is 0 Å². The van der Waals surface area contributed by atoms with E-state index in [9.17, 15) is 0 Å². The molecular weight excluding hydrogens is 148 g/mol. The highest BCUT2D eigenvalue weighted by Gasteiger charge is 2.30. The second-order valence-electron chi connectivity index (χ2n) is 3.37. The molecule has 1 aromatic carbocycles. The van der Waals surface area contributed by atoms with Crippen LogP contribution in [0.3, 0.4) is 0 Å². The molecule has 0 N–H and O–H groups in total. The van der Waals surface area contributed by atoms with E-state index < -0.39 is 0 Å². The summed E-state index contributed by atoms with van der Waals surface area (Å²) < 4.78 is 0. The third-order valence-electron chi connectivity index (χ3n) is 2.64. The van der Waals surface area contributed by atoms with Crippen molar-refractivity contribution in [2.45, 2.75) is 12.5 Å². The van der Waals surface area contributed by atoms with Gasteiger partial charge < -0.3 is 4.90 Å². The Kier molecular flexibility index (Phi) is 1.09. The summed E-state index contributed by atoms with van der Waals surface area (Å²) in [5, 5.41) is 0. The predicted molar refractivity (Wildman–Crippen MR) is 49.8 cm³/mol. The van der Waals surface area contributed by atoms with E-state index in [1.165, 1.54) is 11.3 Å². The van der Waals surface area contributed by atoms with Gasteiger partial charge in [-0.15, -0.1) is 0 Å². The van der Waals surface area contributed by atoms with E-state index >= 15 is 0 Å². The van der Waals surface area contributed by atoms with E-state index in [4.69, 9.17) is 0 Å². The molecule has 2 aliphatic rings. The van der Waals surface area contributed by atoms with Crippen molar-refractivity contribution < 1.29 is 0 Å². The number of hydrogen-bond donors (Lipinski definition) is 0. The maximum atomic E-state index is 4.27. The minimum atomic E-state index is 0.613. The topological polar surface area (TPSA) is 15.6 Å². The first-order valence-corrected chi connectivity index (χ1v) is 4.31. The highest BCUT2D eigenvalue weighted by Crippen LogP contribution is 2.32. The Balaban J connectivity index is 2.14. The molecule has 0 aliphatic carbocycles. The van der Waals surface area contributed by atoms with Crippen molar-refractivity contribution in [2.24, 2.45) is 4.99 Å². The number of anilines is 1. The molecular formula is C10H10N2. The fourth-order valence-corrected chi connectivity index (χ4v) is 2.05. The molecule has 0 bridgehead atoms. The molecule has 1 atom stereocenters. The standard InChI is InChI=1S/C10H10N2/c1-2-4-10-8(3-1)5-9-6-11-7-12(9)10/h1-4,7,9H,5-6H2. The molecule has 2 aliphatic heterocycles. The van der Waals surface area contributed by atoms with E-state index in [2.05, 4.69) is 34.2 Å². The van der Waals surface area contributed by atoms with Crippen molar-refractivity contribution in [3.63, 3.8) is 0 Å². The predicted octanol–water partition coefficient (Wildman–Crippen LogP) is 1.46. The van der Waals surface area contributed by atoms with Gasteiger partial charge in [-0.1, -0.05) is 18.2 Å². The monoisotopic (exact) mass is 158 g/mol. The lowest BCUT2D eigenvalue weighted by Gasteiger charge is -2.14. The van der Waals surface area contributed by atoms with Gasteiger partial charge >= 0.3 is 0 Å². The Morgan fingerprint density at radius 1 is 1.33 bits per heavy atom. The van der Waals surface area contributed by atoms with Crippen molar-refractivity contribution in [1.29, 1.82) is 0 Å². The largest absolute Gasteiger partial charge is 0.327 e. The lowest BCUT2D eigenvalue weighted by atomic mass is 10.1. The molecule has 2 nitrogen and oxygen atoms in total. The summed E-state index contributed by atoms with van der Waals surface area (Å²) in [4.78, 5) is 6.55. The Morgan fingerprint density at radius 2 is 2.25 bits per heavy atom. The van der Waals surface area contributed by atoms with Crippen molar-refractivity contribution in [2.75, 3.05) is 11.4 Å². The summed E-state index contributed by atoms with van der Waals surface area (Å²) >= 11 is 0. The molecule has 1 unspecified atom stereocenters. The van der Waals surface area contributed by atoms with Gasteiger partial charge in [0.15, 0.2) is 0 Å². The summed E-state index contributed by atoms with van der Waals surface area (Å²) in [5.41, 5.74) is 2.82. The molecule has 60 valence electrons. The minimum Gasteiger partial charge on any atom is -0.327 e. The number of fused-ring (bicyclic) bond motifs is 3. The zero-order chi connectivity index (χ0) is 7.97. The van der Waals surface area contributed by atoms with Crippen LogP contribution in [0.15, 0.2) is 29.3 Å². The average Bonchev–Trinajstić information content (AvgIpc) is 2.62. The molecule has 0 spiro atoms. The maximum Gasteiger partial charge on any atom is 0.0898 e. The molecule has 0 aromatic heterocycles. The molecule has 12 heavy (non-hydrogen) atoms. The van der Waals surface area contributed by atoms with Crippen molar-refractivity contribution in [3.05, 3.63) is 29.8 Å². The van der Waals surface area contributed by atoms with Crippen molar-refractivity contribution >= 4 is 12.0 Å². The zero-order valence-electron chi connectivity index (χ0n) is 6.77. The fraction of sp³-hybridized carbons (Fsp3) is 0.300. The van der Waals surface area contributed by atoms with Crippen molar-refractivity contribution in [1.82, 2.24) is 0 Å². The van der Waals surface area contributed by atoms with Gasteiger partial charge in [-0.05, 0) is 18.1 Å². The number of benzene rings is 1. The normalized spacial score (nSPS) is 24.3. The number of rotatable bonds is 0. The zero-order valence-corrected chi connectivity index (χ0v) is 6.77. The van der Waals surface area contributed by atoms with Gasteiger partial charge in [0.05, 0.1) is 18.9 Å². The molecule has 2 heterocycles. The second-order valence-corrected chi connectivity index (χ2v) is 3.37. The number of para-hydroxylation sites is 1. The van der Waals surface area contributed by atoms with E-state index in [0.29, 0.717) is 6.04 Å². The first-order chi connectivity index (χ1) is 5.95. The molecule has 1 aromatic rings. The fourth-order valence-electron chi connectivity index (χ4n) is 2.05. The lowest BCUT2D eigenvalue weighted by molar-refractivity contribution is 0.749. The quantitative estimate of drug-likeness (QED) is 0.558. The summed E-state index contributed by atoms with van der Waals surface area (Å²) in [6.45, 7) is 0.967. The molecule has 3 rings (SSSR count). The average molecular weight is 158 g/mol. The van der Waals surface area contributed by atoms with Crippen LogP contribution in [0.25, 0.3) is 0 Å². The third kappa shape index (κ3) is 0.670. The third-order valence-corrected chi connectivity index (χ3v) is 2.64. The molecule has 0 saturated heterocycles. The molecule has 2 heteroatoms. The van der Waals surface area contributed by atoms with Gasteiger partial charge in [-0.3, -0.25) is 4.99 Å². The smallest absolute Gasteiger partial charge is 0.0898 e. The van der Waals surface area contributed by atoms with E-state index in [1.54, 1.807) is 0 Å². The van der Waals surface area contributed by atoms with Crippen LogP contribution in [-0.4, -0.2) is 18.9 Å². The van der Waals surface area contributed by atoms with Crippen LogP contribution in [0.4, 0.5) is 5.69 Å². The Morgan fingerprint density at radius 3 is 3.25 bits per heavy atom. The van der Waals surface area contributed by atoms with Crippen LogP contribution in [-0.2, 0) is 6.42 Å². The number of nitrogens with zero attached hydrogens (tertiary/aromatic N) is 2. The Bertz CT molecular complexity index is 343. The van der Waals surface area contributed by atoms with Crippen LogP contribution < -0.4 is 4.90 Å². The van der Waals surface area contributed by atoms with Gasteiger partial charge in [0.25, 0.3) is 0 Å². The maximum absolute atomic E-state index is 4.27. The molecule has 0 fully saturated rings. The SMILES string of the molecule is C1=NCC2Cc3ccccc3N12. The van der Waals surface area contributed by atoms with Crippen LogP contribution in [0.5, 0.6) is 0 Å². The summed E-state index contributed by atoms with van der Waals surface area (Å²) in [6, 6.07) is 9.20. The van der Waals surface area contributed by atoms with E-state index in [0.717, 1.165) is 13.0 Å². The first-order valence-electron chi connectivity index (χ1n) is 4.31. The van der Waals surface area contributed by atoms with Crippen LogP contribution >= 0.6 is 0 Å². The van der Waals surface area contributed by atoms with E-state index in [1.807, 2.05) is 6.34 Å². The van der Waals surface area contributed by atoms with Gasteiger partial charge in [-0.2, -0.15) is 0 Å². The highest BCUT2D eigenvalue weighted by atomic mass is 15.3. The van der Waals surface area contributed by atoms with Crippen molar-refractivity contribution in [3.8, 4) is 0 Å².